The van der Waals surface area contributed by atoms with Gasteiger partial charge in [0.15, 0.2) is 0 Å². The zero-order chi connectivity index (χ0) is 25.1. The fraction of sp³-hybridized carbons (Fsp3) is 0.310. The van der Waals surface area contributed by atoms with Crippen molar-refractivity contribution in [3.63, 3.8) is 0 Å². The molecule has 7 heteroatoms. The van der Waals surface area contributed by atoms with Crippen LogP contribution in [-0.4, -0.2) is 83.5 Å². The van der Waals surface area contributed by atoms with Gasteiger partial charge in [-0.25, -0.2) is 4.99 Å². The van der Waals surface area contributed by atoms with Crippen LogP contribution in [0.1, 0.15) is 11.1 Å². The Morgan fingerprint density at radius 2 is 1.69 bits per heavy atom. The van der Waals surface area contributed by atoms with Gasteiger partial charge in [-0.15, -0.1) is 0 Å². The number of anilines is 1. The molecule has 0 atom stereocenters. The Hall–Kier alpha value is -3.68. The number of nitrogens with zero attached hydrogens (tertiary/aromatic N) is 6. The number of aryl methyl sites for hydroxylation is 1. The molecule has 4 aromatic rings. The van der Waals surface area contributed by atoms with E-state index in [2.05, 4.69) is 45.9 Å². The number of hydrogen-bond donors (Lipinski definition) is 1. The number of hydrogen-bond acceptors (Lipinski definition) is 6. The summed E-state index contributed by atoms with van der Waals surface area (Å²) >= 11 is 0. The average molecular weight is 483 g/mol. The second-order valence-electron chi connectivity index (χ2n) is 9.56. The molecule has 0 aliphatic carbocycles. The molecule has 36 heavy (non-hydrogen) atoms. The van der Waals surface area contributed by atoms with E-state index < -0.39 is 0 Å². The van der Waals surface area contributed by atoms with Crippen molar-refractivity contribution in [2.24, 2.45) is 12.0 Å². The molecule has 2 aromatic carbocycles. The Balaban J connectivity index is 1.42. The van der Waals surface area contributed by atoms with Crippen LogP contribution in [0.5, 0.6) is 5.88 Å². The van der Waals surface area contributed by atoms with Crippen LogP contribution in [0.2, 0.25) is 0 Å². The normalized spacial score (nSPS) is 15.5. The van der Waals surface area contributed by atoms with Crippen LogP contribution < -0.4 is 4.90 Å². The number of piperazine rings is 1. The standard InChI is InChI=1S/C29H34N6O/c1-32-15-18-35(19-16-32)20-17-33(2)24-11-9-23(10-12-24)31-28(22-7-5-4-6-8-22)27-25-21-30-14-13-26(25)34(3)29(27)36/h4-14,21,36H,15-20H2,1-3H3. The van der Waals surface area contributed by atoms with Crippen molar-refractivity contribution in [2.75, 3.05) is 58.3 Å². The largest absolute Gasteiger partial charge is 0.494 e. The van der Waals surface area contributed by atoms with Crippen LogP contribution in [0.25, 0.3) is 10.9 Å². The second kappa shape index (κ2) is 10.5. The van der Waals surface area contributed by atoms with E-state index in [1.165, 1.54) is 5.69 Å². The third kappa shape index (κ3) is 4.98. The number of fused-ring (bicyclic) bond motifs is 1. The third-order valence-corrected chi connectivity index (χ3v) is 7.13. The molecule has 186 valence electrons. The van der Waals surface area contributed by atoms with Gasteiger partial charge >= 0.3 is 0 Å². The first-order valence-electron chi connectivity index (χ1n) is 12.5. The Kier molecular flexibility index (Phi) is 7.02. The van der Waals surface area contributed by atoms with Gasteiger partial charge in [0.05, 0.1) is 22.5 Å². The molecule has 2 aromatic heterocycles. The second-order valence-corrected chi connectivity index (χ2v) is 9.56. The summed E-state index contributed by atoms with van der Waals surface area (Å²) in [7, 11) is 6.19. The van der Waals surface area contributed by atoms with Gasteiger partial charge in [0, 0.05) is 82.4 Å². The summed E-state index contributed by atoms with van der Waals surface area (Å²) in [6.45, 7) is 6.60. The Morgan fingerprint density at radius 3 is 2.42 bits per heavy atom. The number of aromatic hydroxyl groups is 1. The van der Waals surface area contributed by atoms with Gasteiger partial charge in [0.1, 0.15) is 0 Å². The highest BCUT2D eigenvalue weighted by Gasteiger charge is 2.21. The Bertz CT molecular complexity index is 1340. The van der Waals surface area contributed by atoms with Crippen LogP contribution >= 0.6 is 0 Å². The van der Waals surface area contributed by atoms with Gasteiger partial charge < -0.3 is 19.5 Å². The van der Waals surface area contributed by atoms with Crippen LogP contribution in [0.4, 0.5) is 11.4 Å². The quantitative estimate of drug-likeness (QED) is 0.402. The van der Waals surface area contributed by atoms with E-state index in [-0.39, 0.29) is 5.88 Å². The van der Waals surface area contributed by atoms with E-state index in [9.17, 15) is 5.11 Å². The fourth-order valence-corrected chi connectivity index (χ4v) is 4.77. The summed E-state index contributed by atoms with van der Waals surface area (Å²) in [4.78, 5) is 16.6. The van der Waals surface area contributed by atoms with Crippen molar-refractivity contribution >= 4 is 28.0 Å². The van der Waals surface area contributed by atoms with Crippen molar-refractivity contribution < 1.29 is 5.11 Å². The number of pyridine rings is 1. The highest BCUT2D eigenvalue weighted by molar-refractivity contribution is 6.21. The number of likely N-dealkylation sites (N-methyl/N-ethyl adjacent to an activating group) is 2. The molecule has 7 nitrogen and oxygen atoms in total. The number of aliphatic imine (C=N–C) groups is 1. The van der Waals surface area contributed by atoms with E-state index in [0.29, 0.717) is 5.56 Å². The number of benzene rings is 2. The smallest absolute Gasteiger partial charge is 0.201 e. The zero-order valence-electron chi connectivity index (χ0n) is 21.3. The monoisotopic (exact) mass is 482 g/mol. The van der Waals surface area contributed by atoms with E-state index in [1.54, 1.807) is 17.0 Å². The molecular formula is C29H34N6O. The average Bonchev–Trinajstić information content (AvgIpc) is 3.17. The number of aromatic nitrogens is 2. The van der Waals surface area contributed by atoms with Gasteiger partial charge in [-0.2, -0.15) is 0 Å². The summed E-state index contributed by atoms with van der Waals surface area (Å²) in [6.07, 6.45) is 3.53. The molecule has 0 spiro atoms. The van der Waals surface area contributed by atoms with E-state index in [4.69, 9.17) is 4.99 Å². The van der Waals surface area contributed by atoms with Crippen LogP contribution in [-0.2, 0) is 7.05 Å². The van der Waals surface area contributed by atoms with Gasteiger partial charge in [0.25, 0.3) is 0 Å². The van der Waals surface area contributed by atoms with Gasteiger partial charge in [0.2, 0.25) is 5.88 Å². The minimum Gasteiger partial charge on any atom is -0.494 e. The first-order valence-corrected chi connectivity index (χ1v) is 12.5. The molecular weight excluding hydrogens is 448 g/mol. The van der Waals surface area contributed by atoms with Gasteiger partial charge in [-0.1, -0.05) is 30.3 Å². The predicted molar refractivity (Wildman–Crippen MR) is 148 cm³/mol. The fourth-order valence-electron chi connectivity index (χ4n) is 4.77. The minimum absolute atomic E-state index is 0.181. The van der Waals surface area contributed by atoms with E-state index in [1.807, 2.05) is 55.6 Å². The molecule has 1 N–H and O–H groups in total. The van der Waals surface area contributed by atoms with Crippen LogP contribution in [0.15, 0.2) is 78.0 Å². The van der Waals surface area contributed by atoms with Gasteiger partial charge in [-0.05, 0) is 37.4 Å². The summed E-state index contributed by atoms with van der Waals surface area (Å²) < 4.78 is 1.78. The SMILES string of the molecule is CN1CCN(CCN(C)c2ccc(N=C(c3ccccc3)c3c(O)n(C)c4ccncc34)cc2)CC1. The summed E-state index contributed by atoms with van der Waals surface area (Å²) in [5, 5.41) is 11.9. The molecule has 1 fully saturated rings. The highest BCUT2D eigenvalue weighted by Crippen LogP contribution is 2.33. The van der Waals surface area contributed by atoms with E-state index in [0.717, 1.165) is 67.1 Å². The van der Waals surface area contributed by atoms with E-state index >= 15 is 0 Å². The Labute approximate surface area is 212 Å². The minimum atomic E-state index is 0.181. The first kappa shape index (κ1) is 24.0. The molecule has 0 saturated carbocycles. The maximum absolute atomic E-state index is 11.1. The maximum atomic E-state index is 11.1. The van der Waals surface area contributed by atoms with Crippen molar-refractivity contribution in [1.82, 2.24) is 19.4 Å². The van der Waals surface area contributed by atoms with Crippen molar-refractivity contribution in [3.05, 3.63) is 84.2 Å². The summed E-state index contributed by atoms with van der Waals surface area (Å²) in [5.41, 5.74) is 5.28. The molecule has 3 heterocycles. The molecule has 0 bridgehead atoms. The van der Waals surface area contributed by atoms with Crippen LogP contribution in [0.3, 0.4) is 0 Å². The molecule has 1 aliphatic heterocycles. The van der Waals surface area contributed by atoms with Crippen molar-refractivity contribution in [1.29, 1.82) is 0 Å². The molecule has 1 aliphatic rings. The lowest BCUT2D eigenvalue weighted by atomic mass is 10.0. The summed E-state index contributed by atoms with van der Waals surface area (Å²) in [5.74, 6) is 0.181. The number of rotatable bonds is 7. The van der Waals surface area contributed by atoms with Crippen molar-refractivity contribution in [3.8, 4) is 5.88 Å². The lowest BCUT2D eigenvalue weighted by Crippen LogP contribution is -2.46. The molecule has 1 saturated heterocycles. The topological polar surface area (TPSA) is 60.1 Å². The van der Waals surface area contributed by atoms with Crippen LogP contribution in [0, 0.1) is 0 Å². The third-order valence-electron chi connectivity index (χ3n) is 7.13. The molecule has 0 unspecified atom stereocenters. The molecule has 0 radical (unpaired) electrons. The molecule has 0 amide bonds. The van der Waals surface area contributed by atoms with Gasteiger partial charge in [-0.3, -0.25) is 9.88 Å². The molecule has 5 rings (SSSR count). The highest BCUT2D eigenvalue weighted by atomic mass is 16.3. The predicted octanol–water partition coefficient (Wildman–Crippen LogP) is 4.13. The Morgan fingerprint density at radius 1 is 0.972 bits per heavy atom. The lowest BCUT2D eigenvalue weighted by Gasteiger charge is -2.33. The lowest BCUT2D eigenvalue weighted by molar-refractivity contribution is 0.157. The first-order chi connectivity index (χ1) is 17.5. The van der Waals surface area contributed by atoms with Crippen molar-refractivity contribution in [2.45, 2.75) is 0 Å². The maximum Gasteiger partial charge on any atom is 0.201 e. The summed E-state index contributed by atoms with van der Waals surface area (Å²) in [6, 6.07) is 20.3. The zero-order valence-corrected chi connectivity index (χ0v) is 21.3.